The van der Waals surface area contributed by atoms with Crippen LogP contribution in [0.4, 0.5) is 0 Å². The number of methoxy groups -OCH3 is 2. The van der Waals surface area contributed by atoms with Crippen LogP contribution >= 0.6 is 0 Å². The van der Waals surface area contributed by atoms with Gasteiger partial charge in [-0.25, -0.2) is 4.79 Å². The summed E-state index contributed by atoms with van der Waals surface area (Å²) >= 11 is 0. The number of nitrogens with zero attached hydrogens (tertiary/aromatic N) is 2. The first kappa shape index (κ1) is 57.6. The summed E-state index contributed by atoms with van der Waals surface area (Å²) in [5, 5.41) is 35.0. The van der Waals surface area contributed by atoms with Crippen LogP contribution in [0.25, 0.3) is 0 Å². The minimum atomic E-state index is -2.56. The second-order valence-electron chi connectivity index (χ2n) is 20.1. The van der Waals surface area contributed by atoms with E-state index in [1.807, 2.05) is 26.0 Å². The molecule has 3 fully saturated rings. The Hall–Kier alpha value is -3.94. The molecular formula is C52H80N2O15. The van der Waals surface area contributed by atoms with Gasteiger partial charge in [0.25, 0.3) is 11.7 Å². The Labute approximate surface area is 408 Å². The summed E-state index contributed by atoms with van der Waals surface area (Å²) in [5.74, 6) is -8.65. The van der Waals surface area contributed by atoms with Crippen molar-refractivity contribution in [3.05, 3.63) is 47.6 Å². The van der Waals surface area contributed by atoms with Gasteiger partial charge >= 0.3 is 12.4 Å². The number of piperidine rings is 1. The molecule has 17 heteroatoms. The number of Topliss-reactive ketones (excluding diaryl/α,β-unsaturated/α-hetero) is 3. The molecule has 0 radical (unpaired) electrons. The monoisotopic (exact) mass is 973 g/mol. The van der Waals surface area contributed by atoms with Crippen molar-refractivity contribution in [3.8, 4) is 0 Å². The maximum Gasteiger partial charge on any atom is 0.329 e. The van der Waals surface area contributed by atoms with Crippen molar-refractivity contribution in [2.24, 2.45) is 35.5 Å². The molecule has 3 N–H and O–H groups in total. The first-order valence-electron chi connectivity index (χ1n) is 24.8. The lowest BCUT2D eigenvalue weighted by Crippen LogP contribution is -2.61. The van der Waals surface area contributed by atoms with Crippen LogP contribution in [0.15, 0.2) is 47.6 Å². The summed E-state index contributed by atoms with van der Waals surface area (Å²) in [5.41, 5.74) is 1.02. The summed E-state index contributed by atoms with van der Waals surface area (Å²) < 4.78 is 23.6. The van der Waals surface area contributed by atoms with Crippen molar-refractivity contribution in [2.75, 3.05) is 27.9 Å². The van der Waals surface area contributed by atoms with Gasteiger partial charge in [0.15, 0.2) is 5.78 Å². The molecule has 1 saturated carbocycles. The molecule has 1 aliphatic carbocycles. The molecule has 388 valence electrons. The summed E-state index contributed by atoms with van der Waals surface area (Å²) in [6.07, 6.45) is 9.98. The van der Waals surface area contributed by atoms with Crippen LogP contribution in [0, 0.1) is 35.5 Å². The number of fused-ring (bicyclic) bond motifs is 3. The number of rotatable bonds is 9. The van der Waals surface area contributed by atoms with Crippen LogP contribution in [-0.2, 0) is 57.4 Å². The Bertz CT molecular complexity index is 1880. The van der Waals surface area contributed by atoms with E-state index in [-0.39, 0.29) is 67.7 Å². The zero-order valence-corrected chi connectivity index (χ0v) is 42.5. The number of hydrogen-bond acceptors (Lipinski definition) is 16. The largest absolute Gasteiger partial charge is 0.460 e. The number of amides is 1. The van der Waals surface area contributed by atoms with Crippen LogP contribution in [0.2, 0.25) is 0 Å². The minimum Gasteiger partial charge on any atom is -0.460 e. The Kier molecular flexibility index (Phi) is 22.6. The van der Waals surface area contributed by atoms with Gasteiger partial charge in [0.1, 0.15) is 30.1 Å². The Morgan fingerprint density at radius 3 is 2.29 bits per heavy atom. The van der Waals surface area contributed by atoms with Crippen molar-refractivity contribution in [2.45, 2.75) is 180 Å². The van der Waals surface area contributed by atoms with E-state index < -0.39 is 83.8 Å². The van der Waals surface area contributed by atoms with E-state index in [0.29, 0.717) is 68.9 Å². The Morgan fingerprint density at radius 2 is 1.62 bits per heavy atom. The predicted octanol–water partition coefficient (Wildman–Crippen LogP) is 5.49. The topological polar surface area (TPSA) is 225 Å². The van der Waals surface area contributed by atoms with Crippen molar-refractivity contribution < 1.29 is 72.7 Å². The number of ketones is 3. The highest BCUT2D eigenvalue weighted by atomic mass is 17.0. The number of hydrogen-bond donors (Lipinski definition) is 3. The standard InChI is InChI=1S/C52H80N2O15/c1-31-16-12-11-13-17-32(2)41(54(66-10)67-30-55)28-39-21-19-37(7)52(63,69-39)49(60)50(61)53-23-15-14-18-40(53)51(62)68-44(34(4)26-38-20-22-42(56)45(27-38)64-8)29-43(57)33(3)25-36(6)47(59)48(65-9)46(58)35(5)24-31/h11-13,16-17,25,30-31,33-35,37-42,44-45,47-48,56,59,63H,14-15,18-24,26-29H2,1-10H3/b13-11+,16-12+,32-17+,36-25+/t31-,33-,34-,35-,37-,38+,39+,40+,41?,42-,44+,45-,47-,48?,52-/m1/s1. The SMILES string of the molecule is COC1C(=O)[C@H](C)C[C@H](C)/C=C/C=C/C=C(\C)C(N(OC)OC=O)C[C@@H]2CC[C@@H](C)[C@@](O)(O2)C(=O)C(=O)N2CCCC[C@H]2C(=O)O[C@H]([C@H](C)C[C@@H]2CC[C@@H](O)[C@H](OC)C2)CC(=O)[C@H](C)/C=C(\C)[C@H]1O. The smallest absolute Gasteiger partial charge is 0.329 e. The fourth-order valence-electron chi connectivity index (χ4n) is 10.4. The molecule has 2 saturated heterocycles. The number of cyclic esters (lactones) is 1. The highest BCUT2D eigenvalue weighted by Gasteiger charge is 2.53. The van der Waals surface area contributed by atoms with Gasteiger partial charge < -0.3 is 44.0 Å². The quantitative estimate of drug-likeness (QED) is 0.0855. The van der Waals surface area contributed by atoms with Gasteiger partial charge in [-0.1, -0.05) is 76.6 Å². The summed E-state index contributed by atoms with van der Waals surface area (Å²) in [4.78, 5) is 94.3. The molecule has 2 unspecified atom stereocenters. The maximum atomic E-state index is 14.4. The second kappa shape index (κ2) is 27.0. The molecule has 0 aromatic rings. The highest BCUT2D eigenvalue weighted by molar-refractivity contribution is 6.39. The van der Waals surface area contributed by atoms with E-state index in [1.165, 1.54) is 14.2 Å². The molecule has 17 nitrogen and oxygen atoms in total. The maximum absolute atomic E-state index is 14.4. The van der Waals surface area contributed by atoms with E-state index in [1.54, 1.807) is 66.0 Å². The average molecular weight is 973 g/mol. The molecule has 0 aromatic heterocycles. The molecule has 69 heavy (non-hydrogen) atoms. The summed E-state index contributed by atoms with van der Waals surface area (Å²) in [7, 11) is 4.23. The van der Waals surface area contributed by atoms with Crippen LogP contribution < -0.4 is 0 Å². The van der Waals surface area contributed by atoms with Crippen LogP contribution in [0.5, 0.6) is 0 Å². The third kappa shape index (κ3) is 15.3. The van der Waals surface area contributed by atoms with Gasteiger partial charge in [0.2, 0.25) is 5.79 Å². The lowest BCUT2D eigenvalue weighted by atomic mass is 9.78. The molecule has 3 heterocycles. The molecular weight excluding hydrogens is 893 g/mol. The Balaban J connectivity index is 1.74. The van der Waals surface area contributed by atoms with Gasteiger partial charge in [-0.2, -0.15) is 0 Å². The third-order valence-electron chi connectivity index (χ3n) is 14.8. The lowest BCUT2D eigenvalue weighted by Gasteiger charge is -2.43. The van der Waals surface area contributed by atoms with Crippen LogP contribution in [0.1, 0.15) is 126 Å². The van der Waals surface area contributed by atoms with E-state index >= 15 is 0 Å². The number of carbonyl (C=O) groups is 6. The Morgan fingerprint density at radius 1 is 0.899 bits per heavy atom. The molecule has 0 spiro atoms. The van der Waals surface area contributed by atoms with E-state index in [2.05, 4.69) is 0 Å². The number of aliphatic hydroxyl groups is 3. The highest BCUT2D eigenvalue weighted by Crippen LogP contribution is 2.38. The zero-order chi connectivity index (χ0) is 51.2. The molecule has 0 aromatic carbocycles. The first-order chi connectivity index (χ1) is 32.7. The first-order valence-corrected chi connectivity index (χ1v) is 24.8. The van der Waals surface area contributed by atoms with Crippen molar-refractivity contribution in [3.63, 3.8) is 0 Å². The van der Waals surface area contributed by atoms with Crippen molar-refractivity contribution in [1.82, 2.24) is 10.1 Å². The number of esters is 1. The molecule has 2 bridgehead atoms. The van der Waals surface area contributed by atoms with E-state index in [0.717, 1.165) is 10.1 Å². The summed E-state index contributed by atoms with van der Waals surface area (Å²) in [6, 6.07) is -1.96. The fourth-order valence-corrected chi connectivity index (χ4v) is 10.4. The fraction of sp³-hybridized carbons (Fsp3) is 0.731. The van der Waals surface area contributed by atoms with Gasteiger partial charge in [-0.05, 0) is 113 Å². The van der Waals surface area contributed by atoms with E-state index in [4.69, 9.17) is 28.6 Å². The number of ether oxygens (including phenoxy) is 4. The summed E-state index contributed by atoms with van der Waals surface area (Å²) in [6.45, 7) is 12.6. The molecule has 4 rings (SSSR count). The number of allylic oxidation sites excluding steroid dienone is 6. The molecule has 3 aliphatic heterocycles. The van der Waals surface area contributed by atoms with Gasteiger partial charge in [-0.3, -0.25) is 28.8 Å². The van der Waals surface area contributed by atoms with Crippen LogP contribution in [0.3, 0.4) is 0 Å². The van der Waals surface area contributed by atoms with Crippen LogP contribution in [-0.4, -0.2) is 144 Å². The van der Waals surface area contributed by atoms with Gasteiger partial charge in [0.05, 0.1) is 31.5 Å². The molecule has 15 atom stereocenters. The minimum absolute atomic E-state index is 0.0346. The van der Waals surface area contributed by atoms with Gasteiger partial charge in [0, 0.05) is 44.9 Å². The zero-order valence-electron chi connectivity index (χ0n) is 42.5. The van der Waals surface area contributed by atoms with Crippen molar-refractivity contribution >= 4 is 35.7 Å². The molecule has 1 amide bonds. The lowest BCUT2D eigenvalue weighted by molar-refractivity contribution is -0.347. The molecule has 4 aliphatic rings. The van der Waals surface area contributed by atoms with Crippen molar-refractivity contribution in [1.29, 1.82) is 0 Å². The number of hydroxylamine groups is 2. The van der Waals surface area contributed by atoms with E-state index in [9.17, 15) is 44.1 Å². The average Bonchev–Trinajstić information content (AvgIpc) is 3.32. The normalized spacial score (nSPS) is 38.7. The van der Waals surface area contributed by atoms with Gasteiger partial charge in [-0.15, -0.1) is 0 Å². The predicted molar refractivity (Wildman–Crippen MR) is 254 cm³/mol. The number of aliphatic hydroxyl groups excluding tert-OH is 2. The third-order valence-corrected chi connectivity index (χ3v) is 14.8. The second-order valence-corrected chi connectivity index (χ2v) is 20.1. The number of carbonyl (C=O) groups excluding carboxylic acids is 6.